The van der Waals surface area contributed by atoms with Crippen LogP contribution >= 0.6 is 15.9 Å². The number of rotatable bonds is 5. The normalized spacial score (nSPS) is 13.6. The van der Waals surface area contributed by atoms with Crippen molar-refractivity contribution in [3.8, 4) is 0 Å². The Kier molecular flexibility index (Phi) is 5.05. The maximum Gasteiger partial charge on any atom is 0.242 e. The fraction of sp³-hybridized carbons (Fsp3) is 0.333. The summed E-state index contributed by atoms with van der Waals surface area (Å²) in [4.78, 5) is -0.305. The highest BCUT2D eigenvalue weighted by Gasteiger charge is 2.20. The molecule has 6 nitrogen and oxygen atoms in total. The number of nitrogens with one attached hydrogen (secondary N) is 1. The summed E-state index contributed by atoms with van der Waals surface area (Å²) in [5.41, 5.74) is 5.17. The zero-order chi connectivity index (χ0) is 13.9. The van der Waals surface area contributed by atoms with Crippen LogP contribution in [-0.2, 0) is 10.0 Å². The van der Waals surface area contributed by atoms with E-state index >= 15 is 0 Å². The maximum atomic E-state index is 13.1. The summed E-state index contributed by atoms with van der Waals surface area (Å²) in [5.74, 6) is -0.679. The average molecular weight is 343 g/mol. The fourth-order valence-electron chi connectivity index (χ4n) is 1.12. The third-order valence-corrected chi connectivity index (χ3v) is 4.15. The number of anilines is 1. The fourth-order valence-corrected chi connectivity index (χ4v) is 2.83. The van der Waals surface area contributed by atoms with E-state index < -0.39 is 28.6 Å². The van der Waals surface area contributed by atoms with E-state index in [4.69, 9.17) is 15.9 Å². The molecule has 0 heterocycles. The molecular formula is C9H12BrFN2O4S. The zero-order valence-electron chi connectivity index (χ0n) is 9.10. The molecule has 9 heteroatoms. The molecule has 0 aliphatic rings. The van der Waals surface area contributed by atoms with Crippen LogP contribution in [0.4, 0.5) is 10.1 Å². The third kappa shape index (κ3) is 3.62. The molecule has 0 fully saturated rings. The minimum Gasteiger partial charge on any atom is -0.398 e. The second kappa shape index (κ2) is 5.93. The molecule has 0 radical (unpaired) electrons. The van der Waals surface area contributed by atoms with Crippen LogP contribution in [0.3, 0.4) is 0 Å². The molecule has 5 N–H and O–H groups in total. The number of hydrogen-bond acceptors (Lipinski definition) is 5. The van der Waals surface area contributed by atoms with Crippen molar-refractivity contribution in [3.05, 3.63) is 22.4 Å². The summed E-state index contributed by atoms with van der Waals surface area (Å²) in [7, 11) is -3.98. The lowest BCUT2D eigenvalue weighted by Crippen LogP contribution is -2.34. The van der Waals surface area contributed by atoms with Gasteiger partial charge in [0.1, 0.15) is 10.7 Å². The highest BCUT2D eigenvalue weighted by molar-refractivity contribution is 9.10. The van der Waals surface area contributed by atoms with E-state index in [1.54, 1.807) is 0 Å². The van der Waals surface area contributed by atoms with Gasteiger partial charge >= 0.3 is 0 Å². The molecule has 0 bridgehead atoms. The highest BCUT2D eigenvalue weighted by Crippen LogP contribution is 2.25. The number of benzene rings is 1. The molecule has 1 rings (SSSR count). The van der Waals surface area contributed by atoms with Crippen molar-refractivity contribution >= 4 is 31.6 Å². The molecule has 0 aromatic heterocycles. The van der Waals surface area contributed by atoms with E-state index in [1.165, 1.54) is 0 Å². The van der Waals surface area contributed by atoms with Crippen molar-refractivity contribution in [1.82, 2.24) is 4.72 Å². The Balaban J connectivity index is 3.02. The Hall–Kier alpha value is -0.740. The largest absolute Gasteiger partial charge is 0.398 e. The van der Waals surface area contributed by atoms with Crippen LogP contribution in [0.2, 0.25) is 0 Å². The molecule has 0 saturated carbocycles. The van der Waals surface area contributed by atoms with E-state index in [2.05, 4.69) is 20.7 Å². The number of sulfonamides is 1. The van der Waals surface area contributed by atoms with E-state index in [-0.39, 0.29) is 21.6 Å². The number of aliphatic hydroxyl groups excluding tert-OH is 2. The van der Waals surface area contributed by atoms with Crippen molar-refractivity contribution in [3.63, 3.8) is 0 Å². The van der Waals surface area contributed by atoms with Crippen LogP contribution in [-0.4, -0.2) is 37.9 Å². The molecule has 18 heavy (non-hydrogen) atoms. The standard InChI is InChI=1S/C9H12BrFN2O4S/c10-6-1-9(8(12)2-7(6)11)18(16,17)13-3-5(15)4-14/h1-2,5,13-15H,3-4,12H2. The molecule has 1 aromatic carbocycles. The Labute approximate surface area is 112 Å². The van der Waals surface area contributed by atoms with E-state index in [9.17, 15) is 12.8 Å². The minimum atomic E-state index is -3.98. The maximum absolute atomic E-state index is 13.1. The van der Waals surface area contributed by atoms with Crippen molar-refractivity contribution < 1.29 is 23.0 Å². The van der Waals surface area contributed by atoms with E-state index in [0.29, 0.717) is 0 Å². The van der Waals surface area contributed by atoms with Crippen LogP contribution < -0.4 is 10.5 Å². The lowest BCUT2D eigenvalue weighted by atomic mass is 10.3. The molecule has 0 aliphatic carbocycles. The molecule has 1 aromatic rings. The van der Waals surface area contributed by atoms with Gasteiger partial charge in [0.25, 0.3) is 0 Å². The Morgan fingerprint density at radius 2 is 2.11 bits per heavy atom. The Morgan fingerprint density at radius 3 is 2.67 bits per heavy atom. The molecule has 0 amide bonds. The lowest BCUT2D eigenvalue weighted by Gasteiger charge is -2.12. The highest BCUT2D eigenvalue weighted by atomic mass is 79.9. The topological polar surface area (TPSA) is 113 Å². The van der Waals surface area contributed by atoms with Crippen molar-refractivity contribution in [1.29, 1.82) is 0 Å². The van der Waals surface area contributed by atoms with Crippen LogP contribution in [0.25, 0.3) is 0 Å². The van der Waals surface area contributed by atoms with Gasteiger partial charge in [-0.1, -0.05) is 0 Å². The van der Waals surface area contributed by atoms with Crippen LogP contribution in [0.5, 0.6) is 0 Å². The van der Waals surface area contributed by atoms with Gasteiger partial charge in [0.05, 0.1) is 22.9 Å². The predicted octanol–water partition coefficient (Wildman–Crippen LogP) is -0.198. The smallest absolute Gasteiger partial charge is 0.242 e. The summed E-state index contributed by atoms with van der Waals surface area (Å²) in [5, 5.41) is 17.6. The monoisotopic (exact) mass is 342 g/mol. The predicted molar refractivity (Wildman–Crippen MR) is 66.8 cm³/mol. The third-order valence-electron chi connectivity index (χ3n) is 2.06. The summed E-state index contributed by atoms with van der Waals surface area (Å²) in [6, 6.07) is 1.90. The van der Waals surface area contributed by atoms with Crippen LogP contribution in [0, 0.1) is 5.82 Å². The second-order valence-electron chi connectivity index (χ2n) is 3.49. The number of hydrogen-bond donors (Lipinski definition) is 4. The van der Waals surface area contributed by atoms with Gasteiger partial charge in [-0.3, -0.25) is 0 Å². The molecule has 0 spiro atoms. The summed E-state index contributed by atoms with van der Waals surface area (Å²) < 4.78 is 38.7. The first kappa shape index (κ1) is 15.3. The van der Waals surface area contributed by atoms with Gasteiger partial charge in [-0.15, -0.1) is 0 Å². The second-order valence-corrected chi connectivity index (χ2v) is 6.08. The van der Waals surface area contributed by atoms with Gasteiger partial charge in [0.2, 0.25) is 10.0 Å². The molecule has 102 valence electrons. The Bertz CT molecular complexity index is 538. The Morgan fingerprint density at radius 1 is 1.50 bits per heavy atom. The van der Waals surface area contributed by atoms with Crippen molar-refractivity contribution in [2.75, 3.05) is 18.9 Å². The first-order chi connectivity index (χ1) is 8.27. The first-order valence-electron chi connectivity index (χ1n) is 4.81. The molecule has 0 saturated heterocycles. The van der Waals surface area contributed by atoms with Gasteiger partial charge in [0.15, 0.2) is 0 Å². The first-order valence-corrected chi connectivity index (χ1v) is 7.08. The number of nitrogens with two attached hydrogens (primary N) is 1. The lowest BCUT2D eigenvalue weighted by molar-refractivity contribution is 0.0988. The van der Waals surface area contributed by atoms with E-state index in [0.717, 1.165) is 12.1 Å². The summed E-state index contributed by atoms with van der Waals surface area (Å²) >= 11 is 2.85. The van der Waals surface area contributed by atoms with Gasteiger partial charge < -0.3 is 15.9 Å². The SMILES string of the molecule is Nc1cc(F)c(Br)cc1S(=O)(=O)NCC(O)CO. The van der Waals surface area contributed by atoms with Crippen LogP contribution in [0.1, 0.15) is 0 Å². The van der Waals surface area contributed by atoms with Gasteiger partial charge in [-0.25, -0.2) is 17.5 Å². The molecular weight excluding hydrogens is 331 g/mol. The minimum absolute atomic E-state index is 0.0419. The summed E-state index contributed by atoms with van der Waals surface area (Å²) in [6.45, 7) is -0.946. The van der Waals surface area contributed by atoms with E-state index in [1.807, 2.05) is 0 Å². The van der Waals surface area contributed by atoms with Crippen molar-refractivity contribution in [2.24, 2.45) is 0 Å². The molecule has 1 atom stereocenters. The van der Waals surface area contributed by atoms with Crippen molar-refractivity contribution in [2.45, 2.75) is 11.0 Å². The summed E-state index contributed by atoms with van der Waals surface area (Å²) in [6.07, 6.45) is -1.22. The molecule has 0 aliphatic heterocycles. The van der Waals surface area contributed by atoms with Gasteiger partial charge in [-0.05, 0) is 28.1 Å². The number of nitrogen functional groups attached to an aromatic ring is 1. The quantitative estimate of drug-likeness (QED) is 0.553. The number of aliphatic hydroxyl groups is 2. The van der Waals surface area contributed by atoms with Gasteiger partial charge in [0, 0.05) is 6.54 Å². The van der Waals surface area contributed by atoms with Gasteiger partial charge in [-0.2, -0.15) is 0 Å². The number of halogens is 2. The molecule has 1 unspecified atom stereocenters. The zero-order valence-corrected chi connectivity index (χ0v) is 11.5. The van der Waals surface area contributed by atoms with Crippen LogP contribution in [0.15, 0.2) is 21.5 Å². The average Bonchev–Trinajstić information content (AvgIpc) is 2.30.